The number of hydrogen-bond acceptors (Lipinski definition) is 4. The zero-order chi connectivity index (χ0) is 28.3. The van der Waals surface area contributed by atoms with Crippen molar-refractivity contribution in [2.24, 2.45) is 5.41 Å². The fraction of sp³-hybridized carbons (Fsp3) is 0.531. The second-order valence-electron chi connectivity index (χ2n) is 13.0. The van der Waals surface area contributed by atoms with Crippen molar-refractivity contribution in [3.63, 3.8) is 0 Å². The number of fused-ring (bicyclic) bond motifs is 3. The lowest BCUT2D eigenvalue weighted by molar-refractivity contribution is -0.125. The zero-order valence-electron chi connectivity index (χ0n) is 23.1. The average molecular weight is 563 g/mol. The first-order valence-corrected chi connectivity index (χ1v) is 14.9. The van der Waals surface area contributed by atoms with Gasteiger partial charge in [0.25, 0.3) is 0 Å². The van der Waals surface area contributed by atoms with Crippen LogP contribution in [0.15, 0.2) is 36.4 Å². The summed E-state index contributed by atoms with van der Waals surface area (Å²) in [7, 11) is 0. The SMILES string of the molecule is CC1(C)CCC2(CC1)N[C@@H](C(=O)NC1CCCCC1)[C@H](c1cccc(Cl)c1F)[C@]21C(=O)Nc2cc(C#N)ccc21. The Balaban J connectivity index is 1.57. The second kappa shape index (κ2) is 9.85. The van der Waals surface area contributed by atoms with Crippen molar-refractivity contribution in [1.29, 1.82) is 5.26 Å². The van der Waals surface area contributed by atoms with Crippen LogP contribution in [0, 0.1) is 22.6 Å². The Morgan fingerprint density at radius 3 is 2.52 bits per heavy atom. The molecule has 2 amide bonds. The van der Waals surface area contributed by atoms with E-state index in [-0.39, 0.29) is 33.9 Å². The summed E-state index contributed by atoms with van der Waals surface area (Å²) in [6, 6.07) is 11.4. The molecule has 2 aromatic rings. The van der Waals surface area contributed by atoms with Crippen molar-refractivity contribution >= 4 is 29.1 Å². The Hall–Kier alpha value is -2.95. The van der Waals surface area contributed by atoms with Gasteiger partial charge in [0, 0.05) is 23.2 Å². The monoisotopic (exact) mass is 562 g/mol. The number of benzene rings is 2. The van der Waals surface area contributed by atoms with E-state index in [0.29, 0.717) is 29.7 Å². The first-order valence-electron chi connectivity index (χ1n) is 14.5. The number of nitrogens with one attached hydrogen (secondary N) is 3. The van der Waals surface area contributed by atoms with Crippen LogP contribution in [0.3, 0.4) is 0 Å². The molecule has 0 unspecified atom stereocenters. The van der Waals surface area contributed by atoms with Crippen LogP contribution in [-0.2, 0) is 15.0 Å². The van der Waals surface area contributed by atoms with Crippen molar-refractivity contribution in [3.05, 3.63) is 63.9 Å². The van der Waals surface area contributed by atoms with Crippen molar-refractivity contribution in [1.82, 2.24) is 10.6 Å². The molecule has 6 nitrogen and oxygen atoms in total. The van der Waals surface area contributed by atoms with Gasteiger partial charge in [0.15, 0.2) is 0 Å². The highest BCUT2D eigenvalue weighted by molar-refractivity contribution is 6.30. The van der Waals surface area contributed by atoms with Gasteiger partial charge < -0.3 is 10.6 Å². The standard InChI is InChI=1S/C32H36ClFN4O2/c1-30(2)13-15-31(16-14-30)32(22-12-11-19(18-35)17-24(22)37-29(32)40)25(21-9-6-10-23(33)26(21)34)27(38-31)28(39)36-20-7-4-3-5-8-20/h6,9-12,17,20,25,27,38H,3-5,7-8,13-16H2,1-2H3,(H,36,39)(H,37,40)/t25-,27+,32+/m0/s1. The third-order valence-corrected chi connectivity index (χ3v) is 10.5. The molecule has 1 saturated heterocycles. The molecule has 0 radical (unpaired) electrons. The first kappa shape index (κ1) is 27.2. The van der Waals surface area contributed by atoms with E-state index in [9.17, 15) is 14.9 Å². The minimum Gasteiger partial charge on any atom is -0.352 e. The maximum absolute atomic E-state index is 16.0. The van der Waals surface area contributed by atoms with Crippen LogP contribution >= 0.6 is 11.6 Å². The Morgan fingerprint density at radius 1 is 1.10 bits per heavy atom. The summed E-state index contributed by atoms with van der Waals surface area (Å²) in [6.07, 6.45) is 8.12. The van der Waals surface area contributed by atoms with Crippen molar-refractivity contribution in [2.75, 3.05) is 5.32 Å². The summed E-state index contributed by atoms with van der Waals surface area (Å²) < 4.78 is 16.0. The number of rotatable bonds is 3. The summed E-state index contributed by atoms with van der Waals surface area (Å²) in [5, 5.41) is 19.6. The summed E-state index contributed by atoms with van der Waals surface area (Å²) in [5.41, 5.74) is -0.0317. The molecule has 3 fully saturated rings. The number of anilines is 1. The molecular weight excluding hydrogens is 527 g/mol. The van der Waals surface area contributed by atoms with Gasteiger partial charge in [-0.1, -0.05) is 62.9 Å². The fourth-order valence-electron chi connectivity index (χ4n) is 8.05. The van der Waals surface area contributed by atoms with Crippen LogP contribution in [0.1, 0.15) is 94.2 Å². The predicted octanol–water partition coefficient (Wildman–Crippen LogP) is 6.08. The molecule has 2 aromatic carbocycles. The Bertz CT molecular complexity index is 1400. The molecule has 3 N–H and O–H groups in total. The van der Waals surface area contributed by atoms with E-state index >= 15 is 4.39 Å². The third kappa shape index (κ3) is 4.06. The Kier molecular flexibility index (Phi) is 6.71. The van der Waals surface area contributed by atoms with Gasteiger partial charge in [-0.2, -0.15) is 5.26 Å². The molecule has 0 aromatic heterocycles. The smallest absolute Gasteiger partial charge is 0.238 e. The number of amides is 2. The maximum Gasteiger partial charge on any atom is 0.238 e. The number of carbonyl (C=O) groups excluding carboxylic acids is 2. The molecule has 6 rings (SSSR count). The van der Waals surface area contributed by atoms with Crippen LogP contribution < -0.4 is 16.0 Å². The number of halogens is 2. The van der Waals surface area contributed by atoms with Crippen LogP contribution in [0.25, 0.3) is 0 Å². The van der Waals surface area contributed by atoms with E-state index in [1.165, 1.54) is 6.07 Å². The highest BCUT2D eigenvalue weighted by Crippen LogP contribution is 2.64. The summed E-state index contributed by atoms with van der Waals surface area (Å²) in [4.78, 5) is 28.7. The maximum atomic E-state index is 16.0. The van der Waals surface area contributed by atoms with E-state index in [2.05, 4.69) is 35.9 Å². The van der Waals surface area contributed by atoms with E-state index in [1.54, 1.807) is 24.3 Å². The molecule has 2 aliphatic carbocycles. The fourth-order valence-corrected chi connectivity index (χ4v) is 8.23. The molecule has 2 spiro atoms. The van der Waals surface area contributed by atoms with Gasteiger partial charge >= 0.3 is 0 Å². The van der Waals surface area contributed by atoms with Gasteiger partial charge in [-0.3, -0.25) is 14.9 Å². The number of nitriles is 1. The average Bonchev–Trinajstić information content (AvgIpc) is 3.40. The zero-order valence-corrected chi connectivity index (χ0v) is 23.8. The number of carbonyl (C=O) groups is 2. The Morgan fingerprint density at radius 2 is 1.82 bits per heavy atom. The van der Waals surface area contributed by atoms with Gasteiger partial charge in [0.2, 0.25) is 11.8 Å². The molecule has 0 bridgehead atoms. The van der Waals surface area contributed by atoms with Gasteiger partial charge in [-0.15, -0.1) is 0 Å². The number of nitrogens with zero attached hydrogens (tertiary/aromatic N) is 1. The van der Waals surface area contributed by atoms with E-state index < -0.39 is 28.7 Å². The van der Waals surface area contributed by atoms with E-state index in [4.69, 9.17) is 11.6 Å². The predicted molar refractivity (Wildman–Crippen MR) is 153 cm³/mol. The summed E-state index contributed by atoms with van der Waals surface area (Å²) in [6.45, 7) is 4.45. The number of hydrogen-bond donors (Lipinski definition) is 3. The second-order valence-corrected chi connectivity index (χ2v) is 13.4. The van der Waals surface area contributed by atoms with Crippen LogP contribution in [0.2, 0.25) is 5.02 Å². The van der Waals surface area contributed by atoms with Gasteiger partial charge in [-0.25, -0.2) is 4.39 Å². The van der Waals surface area contributed by atoms with Crippen LogP contribution in [0.5, 0.6) is 0 Å². The van der Waals surface area contributed by atoms with Crippen LogP contribution in [-0.4, -0.2) is 29.4 Å². The third-order valence-electron chi connectivity index (χ3n) is 10.2. The quantitative estimate of drug-likeness (QED) is 0.422. The van der Waals surface area contributed by atoms with Gasteiger partial charge in [0.1, 0.15) is 11.2 Å². The van der Waals surface area contributed by atoms with E-state index in [0.717, 1.165) is 44.9 Å². The van der Waals surface area contributed by atoms with Gasteiger partial charge in [0.05, 0.1) is 22.7 Å². The molecule has 4 aliphatic rings. The molecule has 3 atom stereocenters. The topological polar surface area (TPSA) is 94.0 Å². The molecule has 8 heteroatoms. The lowest BCUT2D eigenvalue weighted by atomic mass is 9.53. The van der Waals surface area contributed by atoms with Crippen molar-refractivity contribution in [3.8, 4) is 6.07 Å². The Labute approximate surface area is 240 Å². The molecule has 40 heavy (non-hydrogen) atoms. The minimum atomic E-state index is -1.27. The minimum absolute atomic E-state index is 0.0386. The highest BCUT2D eigenvalue weighted by Gasteiger charge is 2.73. The first-order chi connectivity index (χ1) is 19.1. The van der Waals surface area contributed by atoms with Crippen molar-refractivity contribution < 1.29 is 14.0 Å². The molecular formula is C32H36ClFN4O2. The largest absolute Gasteiger partial charge is 0.352 e. The van der Waals surface area contributed by atoms with Gasteiger partial charge in [-0.05, 0) is 73.3 Å². The molecule has 2 heterocycles. The van der Waals surface area contributed by atoms with Crippen LogP contribution in [0.4, 0.5) is 10.1 Å². The molecule has 210 valence electrons. The summed E-state index contributed by atoms with van der Waals surface area (Å²) >= 11 is 6.33. The highest BCUT2D eigenvalue weighted by atomic mass is 35.5. The lowest BCUT2D eigenvalue weighted by Crippen LogP contribution is -2.61. The van der Waals surface area contributed by atoms with E-state index in [1.807, 2.05) is 6.07 Å². The molecule has 2 aliphatic heterocycles. The normalized spacial score (nSPS) is 28.7. The van der Waals surface area contributed by atoms with Crippen molar-refractivity contribution in [2.45, 2.75) is 101 Å². The molecule has 2 saturated carbocycles. The summed E-state index contributed by atoms with van der Waals surface area (Å²) in [5.74, 6) is -1.91. The lowest BCUT2D eigenvalue weighted by Gasteiger charge is -2.50.